The molecule has 0 saturated heterocycles. The molecule has 0 aliphatic rings. The molecule has 2 N–H and O–H groups in total. The van der Waals surface area contributed by atoms with Gasteiger partial charge in [-0.05, 0) is 31.5 Å². The monoisotopic (exact) mass is 329 g/mol. The average molecular weight is 329 g/mol. The fourth-order valence-electron chi connectivity index (χ4n) is 1.75. The Morgan fingerprint density at radius 1 is 1.14 bits per heavy atom. The lowest BCUT2D eigenvalue weighted by Gasteiger charge is -2.11. The van der Waals surface area contributed by atoms with Crippen LogP contribution in [0.15, 0.2) is 34.2 Å². The summed E-state index contributed by atoms with van der Waals surface area (Å²) in [5, 5.41) is 6.21. The molecule has 0 bridgehead atoms. The summed E-state index contributed by atoms with van der Waals surface area (Å²) in [4.78, 5) is 0.0707. The predicted molar refractivity (Wildman–Crippen MR) is 78.4 cm³/mol. The molecule has 2 rings (SSSR count). The van der Waals surface area contributed by atoms with E-state index in [1.165, 1.54) is 18.3 Å². The fourth-order valence-corrected chi connectivity index (χ4v) is 3.66. The Hall–Kier alpha value is -1.87. The van der Waals surface area contributed by atoms with Crippen LogP contribution in [0.3, 0.4) is 0 Å². The number of hydrogen-bond acceptors (Lipinski definition) is 5. The van der Waals surface area contributed by atoms with Crippen molar-refractivity contribution >= 4 is 25.5 Å². The third kappa shape index (κ3) is 3.24. The van der Waals surface area contributed by atoms with Gasteiger partial charge < -0.3 is 0 Å². The minimum atomic E-state index is -3.82. The molecule has 0 atom stereocenters. The van der Waals surface area contributed by atoms with E-state index in [-0.39, 0.29) is 15.5 Å². The van der Waals surface area contributed by atoms with Gasteiger partial charge in [0.1, 0.15) is 4.90 Å². The number of H-pyrrole nitrogens is 1. The third-order valence-corrected chi connectivity index (χ3v) is 5.54. The number of aryl methyl sites for hydroxylation is 2. The SMILES string of the molecule is Cc1ccc(S(C)(=O)=O)cc1NS(=O)(=O)c1cn[nH]c1C. The van der Waals surface area contributed by atoms with Gasteiger partial charge in [0.15, 0.2) is 9.84 Å². The van der Waals surface area contributed by atoms with Gasteiger partial charge in [0.05, 0.1) is 22.5 Å². The smallest absolute Gasteiger partial charge is 0.265 e. The molecule has 1 aromatic carbocycles. The van der Waals surface area contributed by atoms with Crippen molar-refractivity contribution in [1.29, 1.82) is 0 Å². The van der Waals surface area contributed by atoms with Crippen LogP contribution in [0.4, 0.5) is 5.69 Å². The van der Waals surface area contributed by atoms with Gasteiger partial charge in [0.2, 0.25) is 0 Å². The van der Waals surface area contributed by atoms with Crippen LogP contribution in [0.25, 0.3) is 0 Å². The molecule has 7 nitrogen and oxygen atoms in total. The molecule has 0 fully saturated rings. The second kappa shape index (κ2) is 5.15. The van der Waals surface area contributed by atoms with Crippen LogP contribution < -0.4 is 4.72 Å². The summed E-state index contributed by atoms with van der Waals surface area (Å²) in [6.45, 7) is 3.27. The Morgan fingerprint density at radius 2 is 1.81 bits per heavy atom. The molecule has 0 aliphatic heterocycles. The standard InChI is InChI=1S/C12H15N3O4S2/c1-8-4-5-10(20(3,16)17)6-11(8)15-21(18,19)12-7-13-14-9(12)2/h4-7,15H,1-3H3,(H,13,14). The molecule has 0 saturated carbocycles. The van der Waals surface area contributed by atoms with E-state index in [0.29, 0.717) is 11.3 Å². The van der Waals surface area contributed by atoms with Gasteiger partial charge in [0.25, 0.3) is 10.0 Å². The number of sulfonamides is 1. The van der Waals surface area contributed by atoms with Crippen LogP contribution in [0, 0.1) is 13.8 Å². The van der Waals surface area contributed by atoms with E-state index in [4.69, 9.17) is 0 Å². The Kier molecular flexibility index (Phi) is 3.81. The largest absolute Gasteiger partial charge is 0.281 e. The topological polar surface area (TPSA) is 109 Å². The van der Waals surface area contributed by atoms with Gasteiger partial charge in [-0.3, -0.25) is 9.82 Å². The zero-order chi connectivity index (χ0) is 15.8. The first-order valence-corrected chi connectivity index (χ1v) is 9.32. The Bertz CT molecular complexity index is 883. The molecular weight excluding hydrogens is 314 g/mol. The molecule has 0 amide bonds. The normalized spacial score (nSPS) is 12.3. The van der Waals surface area contributed by atoms with Crippen LogP contribution in [0.5, 0.6) is 0 Å². The van der Waals surface area contributed by atoms with Crippen molar-refractivity contribution in [3.05, 3.63) is 35.7 Å². The molecule has 0 unspecified atom stereocenters. The van der Waals surface area contributed by atoms with Gasteiger partial charge >= 0.3 is 0 Å². The predicted octanol–water partition coefficient (Wildman–Crippen LogP) is 1.23. The Morgan fingerprint density at radius 3 is 2.33 bits per heavy atom. The van der Waals surface area contributed by atoms with E-state index in [1.807, 2.05) is 0 Å². The highest BCUT2D eigenvalue weighted by Crippen LogP contribution is 2.23. The van der Waals surface area contributed by atoms with Crippen LogP contribution in [-0.4, -0.2) is 33.3 Å². The molecule has 0 aliphatic carbocycles. The van der Waals surface area contributed by atoms with E-state index in [9.17, 15) is 16.8 Å². The van der Waals surface area contributed by atoms with E-state index in [1.54, 1.807) is 19.9 Å². The van der Waals surface area contributed by atoms with E-state index < -0.39 is 19.9 Å². The summed E-state index contributed by atoms with van der Waals surface area (Å²) in [6, 6.07) is 4.29. The average Bonchev–Trinajstić information content (AvgIpc) is 2.77. The third-order valence-electron chi connectivity index (χ3n) is 2.95. The number of benzene rings is 1. The molecule has 0 spiro atoms. The number of sulfone groups is 1. The molecule has 0 radical (unpaired) electrons. The zero-order valence-electron chi connectivity index (χ0n) is 11.7. The number of hydrogen-bond donors (Lipinski definition) is 2. The van der Waals surface area contributed by atoms with Crippen molar-refractivity contribution in [2.75, 3.05) is 11.0 Å². The Balaban J connectivity index is 2.47. The summed E-state index contributed by atoms with van der Waals surface area (Å²) in [5.74, 6) is 0. The van der Waals surface area contributed by atoms with Crippen molar-refractivity contribution < 1.29 is 16.8 Å². The minimum absolute atomic E-state index is 0.0201. The minimum Gasteiger partial charge on any atom is -0.281 e. The number of anilines is 1. The summed E-state index contributed by atoms with van der Waals surface area (Å²) in [6.07, 6.45) is 2.27. The second-order valence-corrected chi connectivity index (χ2v) is 8.38. The first kappa shape index (κ1) is 15.5. The number of aromatic amines is 1. The number of nitrogens with zero attached hydrogens (tertiary/aromatic N) is 1. The Labute approximate surface area is 123 Å². The second-order valence-electron chi connectivity index (χ2n) is 4.71. The molecule has 1 heterocycles. The maximum atomic E-state index is 12.3. The molecule has 9 heteroatoms. The van der Waals surface area contributed by atoms with Gasteiger partial charge in [-0.1, -0.05) is 6.07 Å². The highest BCUT2D eigenvalue weighted by Gasteiger charge is 2.20. The molecule has 1 aromatic heterocycles. The maximum absolute atomic E-state index is 12.3. The van der Waals surface area contributed by atoms with Gasteiger partial charge in [-0.2, -0.15) is 5.10 Å². The highest BCUT2D eigenvalue weighted by atomic mass is 32.2. The molecule has 114 valence electrons. The van der Waals surface area contributed by atoms with Crippen LogP contribution in [-0.2, 0) is 19.9 Å². The maximum Gasteiger partial charge on any atom is 0.265 e. The quantitative estimate of drug-likeness (QED) is 0.877. The fraction of sp³-hybridized carbons (Fsp3) is 0.250. The lowest BCUT2D eigenvalue weighted by Crippen LogP contribution is -2.14. The van der Waals surface area contributed by atoms with Gasteiger partial charge in [-0.25, -0.2) is 16.8 Å². The van der Waals surface area contributed by atoms with Crippen molar-refractivity contribution in [3.63, 3.8) is 0 Å². The van der Waals surface area contributed by atoms with Gasteiger partial charge in [0, 0.05) is 6.26 Å². The van der Waals surface area contributed by atoms with Crippen LogP contribution in [0.2, 0.25) is 0 Å². The summed E-state index contributed by atoms with van der Waals surface area (Å²) in [5.41, 5.74) is 1.24. The first-order chi connectivity index (χ1) is 9.61. The number of rotatable bonds is 4. The van der Waals surface area contributed by atoms with E-state index in [2.05, 4.69) is 14.9 Å². The molecule has 21 heavy (non-hydrogen) atoms. The zero-order valence-corrected chi connectivity index (χ0v) is 13.3. The number of aromatic nitrogens is 2. The van der Waals surface area contributed by atoms with Gasteiger partial charge in [-0.15, -0.1) is 0 Å². The van der Waals surface area contributed by atoms with Crippen molar-refractivity contribution in [2.45, 2.75) is 23.6 Å². The van der Waals surface area contributed by atoms with Crippen molar-refractivity contribution in [1.82, 2.24) is 10.2 Å². The van der Waals surface area contributed by atoms with Crippen LogP contribution >= 0.6 is 0 Å². The number of nitrogens with one attached hydrogen (secondary N) is 2. The lowest BCUT2D eigenvalue weighted by atomic mass is 10.2. The molecule has 2 aromatic rings. The lowest BCUT2D eigenvalue weighted by molar-refractivity contribution is 0.598. The summed E-state index contributed by atoms with van der Waals surface area (Å²) < 4.78 is 50.0. The first-order valence-electron chi connectivity index (χ1n) is 5.95. The van der Waals surface area contributed by atoms with E-state index in [0.717, 1.165) is 6.26 Å². The van der Waals surface area contributed by atoms with Crippen molar-refractivity contribution in [3.8, 4) is 0 Å². The highest BCUT2D eigenvalue weighted by molar-refractivity contribution is 7.92. The van der Waals surface area contributed by atoms with E-state index >= 15 is 0 Å². The summed E-state index contributed by atoms with van der Waals surface area (Å²) in [7, 11) is -7.24. The van der Waals surface area contributed by atoms with Crippen molar-refractivity contribution in [2.24, 2.45) is 0 Å². The summed E-state index contributed by atoms with van der Waals surface area (Å²) >= 11 is 0. The van der Waals surface area contributed by atoms with Crippen LogP contribution in [0.1, 0.15) is 11.3 Å². The molecular formula is C12H15N3O4S2.